The lowest BCUT2D eigenvalue weighted by molar-refractivity contribution is 0.814. The van der Waals surface area contributed by atoms with Crippen molar-refractivity contribution < 1.29 is 0 Å². The molecule has 0 heteroatoms. The summed E-state index contributed by atoms with van der Waals surface area (Å²) in [5, 5.41) is 0. The molecule has 0 aliphatic heterocycles. The second-order valence-electron chi connectivity index (χ2n) is 2.42. The van der Waals surface area contributed by atoms with Crippen LogP contribution in [0.1, 0.15) is 32.6 Å². The summed E-state index contributed by atoms with van der Waals surface area (Å²) in [5.74, 6) is 0. The Morgan fingerprint density at radius 2 is 2.44 bits per heavy atom. The molecule has 0 saturated heterocycles. The Kier molecular flexibility index (Phi) is 2.56. The molecule has 0 unspecified atom stereocenters. The quantitative estimate of drug-likeness (QED) is 0.502. The molecule has 1 aliphatic carbocycles. The molecule has 1 aliphatic rings. The number of unbranched alkanes of at least 4 members (excludes halogenated alkanes) is 2. The molecule has 0 bridgehead atoms. The molecule has 49 valence electrons. The molecule has 0 aromatic rings. The van der Waals surface area contributed by atoms with Gasteiger partial charge in [-0.2, -0.15) is 0 Å². The first-order valence-corrected chi connectivity index (χ1v) is 3.69. The fraction of sp³-hybridized carbons (Fsp3) is 0.556. The van der Waals surface area contributed by atoms with Gasteiger partial charge in [0, 0.05) is 0 Å². The highest BCUT2D eigenvalue weighted by Gasteiger charge is 2.00. The molecular formula is C9H13. The van der Waals surface area contributed by atoms with Crippen molar-refractivity contribution in [2.45, 2.75) is 32.6 Å². The highest BCUT2D eigenvalue weighted by atomic mass is 14.0. The van der Waals surface area contributed by atoms with Gasteiger partial charge >= 0.3 is 0 Å². The van der Waals surface area contributed by atoms with E-state index in [1.54, 1.807) is 0 Å². The van der Waals surface area contributed by atoms with Gasteiger partial charge in [-0.3, -0.25) is 0 Å². The van der Waals surface area contributed by atoms with E-state index < -0.39 is 0 Å². The monoisotopic (exact) mass is 121 g/mol. The first kappa shape index (κ1) is 6.60. The average molecular weight is 121 g/mol. The van der Waals surface area contributed by atoms with Crippen LogP contribution in [-0.4, -0.2) is 0 Å². The molecule has 0 spiro atoms. The SMILES string of the molecule is CCCCC=CC1=[C]C1. The summed E-state index contributed by atoms with van der Waals surface area (Å²) in [4.78, 5) is 0. The van der Waals surface area contributed by atoms with Crippen LogP contribution in [0.15, 0.2) is 17.7 Å². The minimum absolute atomic E-state index is 1.11. The maximum atomic E-state index is 3.14. The summed E-state index contributed by atoms with van der Waals surface area (Å²) in [6.07, 6.45) is 12.6. The second kappa shape index (κ2) is 3.49. The number of hydrogen-bond donors (Lipinski definition) is 0. The summed E-state index contributed by atoms with van der Waals surface area (Å²) >= 11 is 0. The normalized spacial score (nSPS) is 16.3. The molecule has 0 N–H and O–H groups in total. The summed E-state index contributed by atoms with van der Waals surface area (Å²) in [5.41, 5.74) is 1.39. The van der Waals surface area contributed by atoms with Gasteiger partial charge in [0.15, 0.2) is 0 Å². The van der Waals surface area contributed by atoms with Gasteiger partial charge in [-0.1, -0.05) is 31.9 Å². The van der Waals surface area contributed by atoms with Crippen LogP contribution in [0.3, 0.4) is 0 Å². The Morgan fingerprint density at radius 1 is 1.67 bits per heavy atom. The maximum absolute atomic E-state index is 3.14. The van der Waals surface area contributed by atoms with E-state index in [-0.39, 0.29) is 0 Å². The number of hydrogen-bond acceptors (Lipinski definition) is 0. The van der Waals surface area contributed by atoms with Crippen LogP contribution < -0.4 is 0 Å². The van der Waals surface area contributed by atoms with Gasteiger partial charge in [0.25, 0.3) is 0 Å². The molecule has 0 nitrogen and oxygen atoms in total. The summed E-state index contributed by atoms with van der Waals surface area (Å²) in [7, 11) is 0. The minimum atomic E-state index is 1.11. The molecule has 0 atom stereocenters. The predicted octanol–water partition coefficient (Wildman–Crippen LogP) is 2.87. The Morgan fingerprint density at radius 3 is 3.00 bits per heavy atom. The van der Waals surface area contributed by atoms with E-state index in [0.29, 0.717) is 0 Å². The second-order valence-corrected chi connectivity index (χ2v) is 2.42. The standard InChI is InChI=1S/C9H13/c1-2-3-4-5-6-9-7-8-9/h5-6H,2-4,7H2,1H3. The summed E-state index contributed by atoms with van der Waals surface area (Å²) < 4.78 is 0. The molecular weight excluding hydrogens is 108 g/mol. The molecule has 0 heterocycles. The van der Waals surface area contributed by atoms with Gasteiger partial charge in [-0.25, -0.2) is 0 Å². The van der Waals surface area contributed by atoms with Gasteiger partial charge in [-0.05, 0) is 24.5 Å². The van der Waals surface area contributed by atoms with Crippen molar-refractivity contribution in [2.75, 3.05) is 0 Å². The third-order valence-corrected chi connectivity index (χ3v) is 1.42. The van der Waals surface area contributed by atoms with Crippen molar-refractivity contribution in [2.24, 2.45) is 0 Å². The topological polar surface area (TPSA) is 0 Å². The maximum Gasteiger partial charge on any atom is -0.00171 e. The lowest BCUT2D eigenvalue weighted by Gasteiger charge is -1.85. The van der Waals surface area contributed by atoms with Crippen molar-refractivity contribution >= 4 is 0 Å². The van der Waals surface area contributed by atoms with Crippen LogP contribution in [0.25, 0.3) is 0 Å². The Bertz CT molecular complexity index is 129. The zero-order chi connectivity index (χ0) is 6.53. The van der Waals surface area contributed by atoms with E-state index in [4.69, 9.17) is 0 Å². The fourth-order valence-electron chi connectivity index (χ4n) is 0.716. The Labute approximate surface area is 57.3 Å². The molecule has 0 aromatic heterocycles. The van der Waals surface area contributed by atoms with Gasteiger partial charge in [0.1, 0.15) is 0 Å². The van der Waals surface area contributed by atoms with E-state index in [9.17, 15) is 0 Å². The van der Waals surface area contributed by atoms with Crippen LogP contribution in [-0.2, 0) is 0 Å². The molecule has 0 aromatic carbocycles. The number of rotatable bonds is 4. The molecule has 0 saturated carbocycles. The Hall–Kier alpha value is -0.520. The molecule has 1 radical (unpaired) electrons. The zero-order valence-corrected chi connectivity index (χ0v) is 5.98. The van der Waals surface area contributed by atoms with E-state index in [0.717, 1.165) is 6.42 Å². The average Bonchev–Trinajstić information content (AvgIpc) is 2.63. The molecule has 0 amide bonds. The lowest BCUT2D eigenvalue weighted by Crippen LogP contribution is -1.65. The van der Waals surface area contributed by atoms with Gasteiger partial charge in [-0.15, -0.1) is 0 Å². The van der Waals surface area contributed by atoms with E-state index in [2.05, 4.69) is 25.2 Å². The predicted molar refractivity (Wildman–Crippen MR) is 40.0 cm³/mol. The summed E-state index contributed by atoms with van der Waals surface area (Å²) in [6.45, 7) is 2.22. The smallest absolute Gasteiger partial charge is 0.00171 e. The minimum Gasteiger partial charge on any atom is -0.0842 e. The van der Waals surface area contributed by atoms with Crippen molar-refractivity contribution in [1.29, 1.82) is 0 Å². The van der Waals surface area contributed by atoms with Gasteiger partial charge < -0.3 is 0 Å². The van der Waals surface area contributed by atoms with Gasteiger partial charge in [0.2, 0.25) is 0 Å². The van der Waals surface area contributed by atoms with E-state index in [1.165, 1.54) is 24.8 Å². The van der Waals surface area contributed by atoms with Crippen LogP contribution in [0, 0.1) is 6.08 Å². The molecule has 1 rings (SSSR count). The van der Waals surface area contributed by atoms with Crippen molar-refractivity contribution in [1.82, 2.24) is 0 Å². The van der Waals surface area contributed by atoms with Crippen LogP contribution >= 0.6 is 0 Å². The van der Waals surface area contributed by atoms with Gasteiger partial charge in [0.05, 0.1) is 0 Å². The Balaban J connectivity index is 1.96. The first-order chi connectivity index (χ1) is 4.43. The molecule has 0 fully saturated rings. The number of allylic oxidation sites excluding steroid dienone is 4. The summed E-state index contributed by atoms with van der Waals surface area (Å²) in [6, 6.07) is 0. The highest BCUT2D eigenvalue weighted by Crippen LogP contribution is 2.17. The van der Waals surface area contributed by atoms with Crippen LogP contribution in [0.2, 0.25) is 0 Å². The third kappa shape index (κ3) is 3.12. The third-order valence-electron chi connectivity index (χ3n) is 1.42. The van der Waals surface area contributed by atoms with E-state index >= 15 is 0 Å². The lowest BCUT2D eigenvalue weighted by atomic mass is 10.2. The highest BCUT2D eigenvalue weighted by molar-refractivity contribution is 5.28. The molecule has 9 heavy (non-hydrogen) atoms. The first-order valence-electron chi connectivity index (χ1n) is 3.69. The zero-order valence-electron chi connectivity index (χ0n) is 5.98. The van der Waals surface area contributed by atoms with E-state index in [1.807, 2.05) is 0 Å². The van der Waals surface area contributed by atoms with Crippen molar-refractivity contribution in [3.8, 4) is 0 Å². The van der Waals surface area contributed by atoms with Crippen molar-refractivity contribution in [3.05, 3.63) is 23.8 Å². The van der Waals surface area contributed by atoms with Crippen LogP contribution in [0.4, 0.5) is 0 Å². The largest absolute Gasteiger partial charge is 0.0842 e. The van der Waals surface area contributed by atoms with Crippen LogP contribution in [0.5, 0.6) is 0 Å². The van der Waals surface area contributed by atoms with Crippen molar-refractivity contribution in [3.63, 3.8) is 0 Å². The fourth-order valence-corrected chi connectivity index (χ4v) is 0.716.